The van der Waals surface area contributed by atoms with Crippen molar-refractivity contribution in [1.29, 1.82) is 0 Å². The highest BCUT2D eigenvalue weighted by Gasteiger charge is 2.49. The summed E-state index contributed by atoms with van der Waals surface area (Å²) < 4.78 is 68.6. The molecule has 0 unspecified atom stereocenters. The first kappa shape index (κ1) is 18.9. The molecular weight excluding hydrogens is 343 g/mol. The van der Waals surface area contributed by atoms with Crippen molar-refractivity contribution in [2.75, 3.05) is 13.2 Å². The smallest absolute Gasteiger partial charge is 0.407 e. The topological polar surface area (TPSA) is 72.5 Å². The quantitative estimate of drug-likeness (QED) is 0.722. The normalized spacial score (nSPS) is 13.8. The second-order valence-corrected chi connectivity index (χ2v) is 7.29. The van der Waals surface area contributed by atoms with Gasteiger partial charge in [-0.2, -0.15) is 13.2 Å². The SMILES string of the molecule is CCOC(=O)C[C@H](C(F)(F)F)S(=O)(=O)NCCc1cccs1. The fraction of sp³-hybridized carbons (Fsp3) is 0.583. The predicted molar refractivity (Wildman–Crippen MR) is 76.0 cm³/mol. The van der Waals surface area contributed by atoms with Gasteiger partial charge in [-0.05, 0) is 24.8 Å². The van der Waals surface area contributed by atoms with Gasteiger partial charge in [0.1, 0.15) is 0 Å². The Bertz CT molecular complexity index is 570. The summed E-state index contributed by atoms with van der Waals surface area (Å²) in [5, 5.41) is -1.04. The molecule has 1 aromatic rings. The number of hydrogen-bond donors (Lipinski definition) is 1. The third-order valence-corrected chi connectivity index (χ3v) is 5.38. The van der Waals surface area contributed by atoms with Crippen molar-refractivity contribution in [3.63, 3.8) is 0 Å². The molecule has 1 atom stereocenters. The van der Waals surface area contributed by atoms with Crippen molar-refractivity contribution in [1.82, 2.24) is 4.72 Å². The Hall–Kier alpha value is -1.13. The van der Waals surface area contributed by atoms with Gasteiger partial charge in [0, 0.05) is 11.4 Å². The van der Waals surface area contributed by atoms with E-state index in [1.807, 2.05) is 4.72 Å². The van der Waals surface area contributed by atoms with E-state index in [0.29, 0.717) is 0 Å². The van der Waals surface area contributed by atoms with Crippen LogP contribution in [0.25, 0.3) is 0 Å². The number of rotatable bonds is 8. The van der Waals surface area contributed by atoms with E-state index in [0.717, 1.165) is 4.88 Å². The van der Waals surface area contributed by atoms with E-state index in [-0.39, 0.29) is 19.6 Å². The lowest BCUT2D eigenvalue weighted by Crippen LogP contribution is -2.45. The maximum Gasteiger partial charge on any atom is 0.407 e. The maximum absolute atomic E-state index is 12.9. The van der Waals surface area contributed by atoms with Gasteiger partial charge in [0.05, 0.1) is 13.0 Å². The summed E-state index contributed by atoms with van der Waals surface area (Å²) in [4.78, 5) is 12.0. The molecule has 5 nitrogen and oxygen atoms in total. The Labute approximate surface area is 130 Å². The van der Waals surface area contributed by atoms with Crippen molar-refractivity contribution in [3.8, 4) is 0 Å². The highest BCUT2D eigenvalue weighted by atomic mass is 32.2. The number of alkyl halides is 3. The molecule has 0 aromatic carbocycles. The summed E-state index contributed by atoms with van der Waals surface area (Å²) in [5.41, 5.74) is 0. The first-order valence-electron chi connectivity index (χ1n) is 6.40. The molecule has 1 heterocycles. The zero-order chi connectivity index (χ0) is 16.8. The van der Waals surface area contributed by atoms with E-state index in [2.05, 4.69) is 4.74 Å². The van der Waals surface area contributed by atoms with Gasteiger partial charge < -0.3 is 4.74 Å². The summed E-state index contributed by atoms with van der Waals surface area (Å²) in [7, 11) is -4.72. The summed E-state index contributed by atoms with van der Waals surface area (Å²) in [6, 6.07) is 3.51. The third kappa shape index (κ3) is 5.93. The standard InChI is InChI=1S/C12H16F3NO4S2/c1-2-20-11(17)8-10(12(13,14)15)22(18,19)16-6-5-9-4-3-7-21-9/h3-4,7,10,16H,2,5-6,8H2,1H3/t10-/m1/s1. The highest BCUT2D eigenvalue weighted by molar-refractivity contribution is 7.90. The fourth-order valence-corrected chi connectivity index (χ4v) is 3.65. The minimum Gasteiger partial charge on any atom is -0.466 e. The molecule has 0 fully saturated rings. The summed E-state index contributed by atoms with van der Waals surface area (Å²) >= 11 is 1.37. The van der Waals surface area contributed by atoms with Crippen LogP contribution in [0.3, 0.4) is 0 Å². The zero-order valence-electron chi connectivity index (χ0n) is 11.7. The summed E-state index contributed by atoms with van der Waals surface area (Å²) in [5.74, 6) is -1.20. The van der Waals surface area contributed by atoms with Crippen LogP contribution in [0.2, 0.25) is 0 Å². The van der Waals surface area contributed by atoms with Crippen LogP contribution < -0.4 is 4.72 Å². The maximum atomic E-state index is 12.9. The van der Waals surface area contributed by atoms with Crippen LogP contribution in [0.15, 0.2) is 17.5 Å². The van der Waals surface area contributed by atoms with Crippen molar-refractivity contribution in [3.05, 3.63) is 22.4 Å². The number of sulfonamides is 1. The third-order valence-electron chi connectivity index (χ3n) is 2.65. The largest absolute Gasteiger partial charge is 0.466 e. The second kappa shape index (κ2) is 7.93. The number of hydrogen-bond acceptors (Lipinski definition) is 5. The molecule has 0 aliphatic heterocycles. The van der Waals surface area contributed by atoms with Gasteiger partial charge in [-0.1, -0.05) is 6.07 Å². The second-order valence-electron chi connectivity index (χ2n) is 4.31. The first-order chi connectivity index (χ1) is 10.2. The summed E-state index contributed by atoms with van der Waals surface area (Å²) in [6.45, 7) is 1.14. The molecule has 0 spiro atoms. The Morgan fingerprint density at radius 3 is 2.64 bits per heavy atom. The molecule has 0 radical (unpaired) electrons. The van der Waals surface area contributed by atoms with Crippen LogP contribution in [0.5, 0.6) is 0 Å². The lowest BCUT2D eigenvalue weighted by Gasteiger charge is -2.20. The number of carbonyl (C=O) groups excluding carboxylic acids is 1. The van der Waals surface area contributed by atoms with Crippen LogP contribution in [-0.4, -0.2) is 39.0 Å². The van der Waals surface area contributed by atoms with Gasteiger partial charge in [-0.15, -0.1) is 11.3 Å². The average Bonchev–Trinajstić information content (AvgIpc) is 2.87. The lowest BCUT2D eigenvalue weighted by atomic mass is 10.3. The van der Waals surface area contributed by atoms with Gasteiger partial charge in [0.15, 0.2) is 5.25 Å². The highest BCUT2D eigenvalue weighted by Crippen LogP contribution is 2.28. The van der Waals surface area contributed by atoms with Gasteiger partial charge in [0.25, 0.3) is 0 Å². The van der Waals surface area contributed by atoms with Crippen molar-refractivity contribution >= 4 is 27.3 Å². The fourth-order valence-electron chi connectivity index (χ4n) is 1.64. The van der Waals surface area contributed by atoms with Crippen LogP contribution in [0, 0.1) is 0 Å². The van der Waals surface area contributed by atoms with Crippen LogP contribution in [-0.2, 0) is 26.0 Å². The Balaban J connectivity index is 2.71. The van der Waals surface area contributed by atoms with E-state index < -0.39 is 33.8 Å². The molecular formula is C12H16F3NO4S2. The number of thiophene rings is 1. The molecule has 0 saturated carbocycles. The molecule has 0 amide bonds. The molecule has 0 aliphatic carbocycles. The molecule has 126 valence electrons. The Morgan fingerprint density at radius 2 is 2.14 bits per heavy atom. The molecule has 10 heteroatoms. The Morgan fingerprint density at radius 1 is 1.45 bits per heavy atom. The molecule has 22 heavy (non-hydrogen) atoms. The van der Waals surface area contributed by atoms with Crippen LogP contribution in [0.1, 0.15) is 18.2 Å². The first-order valence-corrected chi connectivity index (χ1v) is 8.82. The lowest BCUT2D eigenvalue weighted by molar-refractivity contribution is -0.155. The number of ether oxygens (including phenoxy) is 1. The van der Waals surface area contributed by atoms with Crippen molar-refractivity contribution < 1.29 is 31.1 Å². The van der Waals surface area contributed by atoms with Gasteiger partial charge in [-0.3, -0.25) is 4.79 Å². The van der Waals surface area contributed by atoms with Crippen molar-refractivity contribution in [2.24, 2.45) is 0 Å². The van der Waals surface area contributed by atoms with Gasteiger partial charge in [-0.25, -0.2) is 13.1 Å². The Kier molecular flexibility index (Phi) is 6.82. The summed E-state index contributed by atoms with van der Waals surface area (Å²) in [6.07, 6.45) is -6.03. The average molecular weight is 359 g/mol. The molecule has 0 saturated heterocycles. The minimum absolute atomic E-state index is 0.116. The van der Waals surface area contributed by atoms with E-state index >= 15 is 0 Å². The van der Waals surface area contributed by atoms with Crippen LogP contribution in [0.4, 0.5) is 13.2 Å². The van der Waals surface area contributed by atoms with Crippen LogP contribution >= 0.6 is 11.3 Å². The monoisotopic (exact) mass is 359 g/mol. The predicted octanol–water partition coefficient (Wildman–Crippen LogP) is 2.09. The number of halogens is 3. The van der Waals surface area contributed by atoms with E-state index in [9.17, 15) is 26.4 Å². The van der Waals surface area contributed by atoms with E-state index in [1.165, 1.54) is 18.3 Å². The van der Waals surface area contributed by atoms with Gasteiger partial charge in [0.2, 0.25) is 10.0 Å². The molecule has 1 aromatic heterocycles. The molecule has 1 rings (SSSR count). The molecule has 1 N–H and O–H groups in total. The number of esters is 1. The molecule has 0 aliphatic rings. The minimum atomic E-state index is -5.05. The van der Waals surface area contributed by atoms with E-state index in [1.54, 1.807) is 17.5 Å². The van der Waals surface area contributed by atoms with Gasteiger partial charge >= 0.3 is 12.1 Å². The number of nitrogens with one attached hydrogen (secondary N) is 1. The zero-order valence-corrected chi connectivity index (χ0v) is 13.4. The number of carbonyl (C=O) groups is 1. The van der Waals surface area contributed by atoms with E-state index in [4.69, 9.17) is 0 Å². The molecule has 0 bridgehead atoms. The van der Waals surface area contributed by atoms with Crippen molar-refractivity contribution in [2.45, 2.75) is 31.2 Å².